The second kappa shape index (κ2) is 5.66. The molecule has 0 aliphatic carbocycles. The molecule has 2 nitrogen and oxygen atoms in total. The first-order valence-electron chi connectivity index (χ1n) is 6.27. The van der Waals surface area contributed by atoms with Gasteiger partial charge in [0.1, 0.15) is 0 Å². The van der Waals surface area contributed by atoms with Crippen LogP contribution in [0.5, 0.6) is 0 Å². The number of carbonyl (C=O) groups excluding carboxylic acids is 1. The lowest BCUT2D eigenvalue weighted by Crippen LogP contribution is -2.29. The van der Waals surface area contributed by atoms with Crippen molar-refractivity contribution in [1.82, 2.24) is 4.90 Å². The summed E-state index contributed by atoms with van der Waals surface area (Å²) in [6.45, 7) is 6.19. The van der Waals surface area contributed by atoms with E-state index in [4.69, 9.17) is 0 Å². The van der Waals surface area contributed by atoms with Crippen molar-refractivity contribution < 1.29 is 4.79 Å². The smallest absolute Gasteiger partial charge is 0.255 e. The van der Waals surface area contributed by atoms with Gasteiger partial charge in [0.15, 0.2) is 0 Å². The van der Waals surface area contributed by atoms with E-state index in [1.165, 1.54) is 0 Å². The summed E-state index contributed by atoms with van der Waals surface area (Å²) in [6, 6.07) is 5.59. The fraction of sp³-hybridized carbons (Fsp3) is 0.500. The maximum atomic E-state index is 12.5. The Morgan fingerprint density at radius 3 is 2.83 bits per heavy atom. The molecule has 0 aromatic heterocycles. The van der Waals surface area contributed by atoms with Crippen LogP contribution in [0, 0.1) is 11.8 Å². The Hall–Kier alpha value is -0.480. The van der Waals surface area contributed by atoms with Crippen LogP contribution in [0.15, 0.2) is 27.6 Å². The number of nitrogens with zero attached hydrogens (tertiary/aromatic N) is 1. The second-order valence-corrected chi connectivity index (χ2v) is 6.58. The summed E-state index contributed by atoms with van der Waals surface area (Å²) in [5.74, 6) is 1.38. The third-order valence-electron chi connectivity index (χ3n) is 3.64. The lowest BCUT2D eigenvalue weighted by Gasteiger charge is -2.19. The Bertz CT molecular complexity index is 461. The van der Waals surface area contributed by atoms with Gasteiger partial charge in [0, 0.05) is 22.5 Å². The van der Waals surface area contributed by atoms with Crippen LogP contribution in [0.3, 0.4) is 0 Å². The number of benzene rings is 1. The van der Waals surface area contributed by atoms with E-state index < -0.39 is 0 Å². The van der Waals surface area contributed by atoms with Crippen molar-refractivity contribution in [1.29, 1.82) is 0 Å². The van der Waals surface area contributed by atoms with E-state index >= 15 is 0 Å². The van der Waals surface area contributed by atoms with E-state index in [0.29, 0.717) is 17.4 Å². The van der Waals surface area contributed by atoms with Gasteiger partial charge < -0.3 is 4.90 Å². The minimum atomic E-state index is 0.112. The largest absolute Gasteiger partial charge is 0.338 e. The molecule has 0 bridgehead atoms. The van der Waals surface area contributed by atoms with Crippen molar-refractivity contribution in [2.24, 2.45) is 11.8 Å². The first kappa shape index (κ1) is 13.9. The highest BCUT2D eigenvalue weighted by atomic mass is 79.9. The minimum absolute atomic E-state index is 0.112. The number of halogens is 1. The lowest BCUT2D eigenvalue weighted by atomic mass is 9.95. The molecule has 1 saturated heterocycles. The lowest BCUT2D eigenvalue weighted by molar-refractivity contribution is 0.0783. The van der Waals surface area contributed by atoms with Crippen LogP contribution in [-0.4, -0.2) is 23.9 Å². The van der Waals surface area contributed by atoms with Gasteiger partial charge in [-0.1, -0.05) is 13.8 Å². The fourth-order valence-corrected chi connectivity index (χ4v) is 2.98. The Morgan fingerprint density at radius 2 is 2.22 bits per heavy atom. The van der Waals surface area contributed by atoms with Gasteiger partial charge in [0.05, 0.1) is 5.56 Å². The van der Waals surface area contributed by atoms with Crippen molar-refractivity contribution in [2.45, 2.75) is 25.2 Å². The Labute approximate surface area is 122 Å². The van der Waals surface area contributed by atoms with Gasteiger partial charge in [-0.3, -0.25) is 4.79 Å². The highest BCUT2D eigenvalue weighted by Crippen LogP contribution is 2.27. The highest BCUT2D eigenvalue weighted by molar-refractivity contribution is 9.10. The zero-order valence-corrected chi connectivity index (χ0v) is 13.2. The Balaban J connectivity index is 2.15. The van der Waals surface area contributed by atoms with Gasteiger partial charge in [0.2, 0.25) is 0 Å². The zero-order valence-electron chi connectivity index (χ0n) is 10.7. The number of amides is 1. The van der Waals surface area contributed by atoms with Gasteiger partial charge in [-0.2, -0.15) is 0 Å². The molecule has 1 amide bonds. The molecule has 18 heavy (non-hydrogen) atoms. The zero-order chi connectivity index (χ0) is 13.3. The monoisotopic (exact) mass is 327 g/mol. The standard InChI is InChI=1S/C14H18BrNOS/c1-9(2)10-5-6-16(8-10)14(17)12-7-11(18)3-4-13(12)15/h3-4,7,9-10,18H,5-6,8H2,1-2H3. The van der Waals surface area contributed by atoms with Crippen molar-refractivity contribution in [3.63, 3.8) is 0 Å². The molecule has 1 heterocycles. The topological polar surface area (TPSA) is 20.3 Å². The van der Waals surface area contributed by atoms with Gasteiger partial charge in [-0.15, -0.1) is 12.6 Å². The van der Waals surface area contributed by atoms with E-state index in [2.05, 4.69) is 42.4 Å². The van der Waals surface area contributed by atoms with Crippen molar-refractivity contribution in [3.8, 4) is 0 Å². The van der Waals surface area contributed by atoms with Crippen LogP contribution in [0.25, 0.3) is 0 Å². The Morgan fingerprint density at radius 1 is 1.50 bits per heavy atom. The van der Waals surface area contributed by atoms with Crippen LogP contribution in [-0.2, 0) is 0 Å². The van der Waals surface area contributed by atoms with Crippen LogP contribution >= 0.6 is 28.6 Å². The highest BCUT2D eigenvalue weighted by Gasteiger charge is 2.29. The quantitative estimate of drug-likeness (QED) is 0.818. The summed E-state index contributed by atoms with van der Waals surface area (Å²) in [6.07, 6.45) is 1.11. The number of carbonyl (C=O) groups is 1. The molecule has 0 radical (unpaired) electrons. The number of hydrogen-bond acceptors (Lipinski definition) is 2. The number of hydrogen-bond donors (Lipinski definition) is 1. The van der Waals surface area contributed by atoms with Crippen LogP contribution in [0.2, 0.25) is 0 Å². The molecule has 1 fully saturated rings. The SMILES string of the molecule is CC(C)C1CCN(C(=O)c2cc(S)ccc2Br)C1. The average Bonchev–Trinajstić information content (AvgIpc) is 2.81. The summed E-state index contributed by atoms with van der Waals surface area (Å²) in [7, 11) is 0. The molecule has 1 aliphatic rings. The van der Waals surface area contributed by atoms with E-state index in [1.54, 1.807) is 0 Å². The Kier molecular flexibility index (Phi) is 4.38. The summed E-state index contributed by atoms with van der Waals surface area (Å²) < 4.78 is 0.846. The molecular formula is C14H18BrNOS. The maximum absolute atomic E-state index is 12.5. The van der Waals surface area contributed by atoms with Crippen molar-refractivity contribution >= 4 is 34.5 Å². The minimum Gasteiger partial charge on any atom is -0.338 e. The van der Waals surface area contributed by atoms with Gasteiger partial charge >= 0.3 is 0 Å². The van der Waals surface area contributed by atoms with E-state index in [1.807, 2.05) is 23.1 Å². The first-order chi connectivity index (χ1) is 8.49. The van der Waals surface area contributed by atoms with Crippen LogP contribution < -0.4 is 0 Å². The molecule has 1 atom stereocenters. The molecular weight excluding hydrogens is 310 g/mol. The second-order valence-electron chi connectivity index (χ2n) is 5.21. The van der Waals surface area contributed by atoms with Gasteiger partial charge in [-0.25, -0.2) is 0 Å². The molecule has 1 aromatic rings. The summed E-state index contributed by atoms with van der Waals surface area (Å²) in [4.78, 5) is 15.2. The molecule has 4 heteroatoms. The summed E-state index contributed by atoms with van der Waals surface area (Å²) in [5.41, 5.74) is 0.715. The van der Waals surface area contributed by atoms with Crippen LogP contribution in [0.1, 0.15) is 30.6 Å². The maximum Gasteiger partial charge on any atom is 0.255 e. The number of likely N-dealkylation sites (tertiary alicyclic amines) is 1. The predicted octanol–water partition coefficient (Wildman–Crippen LogP) is 3.86. The molecule has 1 unspecified atom stereocenters. The third-order valence-corrected chi connectivity index (χ3v) is 4.60. The molecule has 1 aliphatic heterocycles. The van der Waals surface area contributed by atoms with E-state index in [9.17, 15) is 4.79 Å². The molecule has 0 saturated carbocycles. The molecule has 2 rings (SSSR count). The van der Waals surface area contributed by atoms with Gasteiger partial charge in [-0.05, 0) is 52.4 Å². The first-order valence-corrected chi connectivity index (χ1v) is 7.51. The molecule has 0 spiro atoms. The average molecular weight is 328 g/mol. The van der Waals surface area contributed by atoms with Crippen molar-refractivity contribution in [2.75, 3.05) is 13.1 Å². The molecule has 98 valence electrons. The normalized spacial score (nSPS) is 19.6. The third kappa shape index (κ3) is 2.91. The fourth-order valence-electron chi connectivity index (χ4n) is 2.36. The van der Waals surface area contributed by atoms with Gasteiger partial charge in [0.25, 0.3) is 5.91 Å². The summed E-state index contributed by atoms with van der Waals surface area (Å²) >= 11 is 7.74. The predicted molar refractivity (Wildman–Crippen MR) is 80.2 cm³/mol. The van der Waals surface area contributed by atoms with Crippen molar-refractivity contribution in [3.05, 3.63) is 28.2 Å². The van der Waals surface area contributed by atoms with Crippen LogP contribution in [0.4, 0.5) is 0 Å². The summed E-state index contributed by atoms with van der Waals surface area (Å²) in [5, 5.41) is 0. The molecule has 1 aromatic carbocycles. The molecule has 0 N–H and O–H groups in total. The van der Waals surface area contributed by atoms with E-state index in [0.717, 1.165) is 28.9 Å². The number of rotatable bonds is 2. The van der Waals surface area contributed by atoms with E-state index in [-0.39, 0.29) is 5.91 Å². The number of thiol groups is 1.